The van der Waals surface area contributed by atoms with Gasteiger partial charge in [0.2, 0.25) is 0 Å². The van der Waals surface area contributed by atoms with E-state index >= 15 is 0 Å². The molecule has 154 valence electrons. The van der Waals surface area contributed by atoms with Crippen LogP contribution in [0, 0.1) is 11.8 Å². The van der Waals surface area contributed by atoms with E-state index in [9.17, 15) is 0 Å². The standard InChI is InChI=1S/C27H30N2O/c1-30-25-15-9-8-14-22(25)18-28-27(17-23-16-24(23)19-29-27)26(20-10-4-2-5-11-20)21-12-6-3-7-13-21/h2-15,23-24,26,28-29H,16-19H2,1H3. The molecule has 3 aromatic carbocycles. The van der Waals surface area contributed by atoms with Crippen LogP contribution in [0.25, 0.3) is 0 Å². The van der Waals surface area contributed by atoms with Crippen molar-refractivity contribution in [3.05, 3.63) is 102 Å². The van der Waals surface area contributed by atoms with Crippen molar-refractivity contribution < 1.29 is 4.74 Å². The average molecular weight is 399 g/mol. The summed E-state index contributed by atoms with van der Waals surface area (Å²) in [7, 11) is 1.75. The molecule has 0 spiro atoms. The lowest BCUT2D eigenvalue weighted by molar-refractivity contribution is 0.165. The van der Waals surface area contributed by atoms with Gasteiger partial charge in [0.15, 0.2) is 0 Å². The zero-order chi connectivity index (χ0) is 20.4. The summed E-state index contributed by atoms with van der Waals surface area (Å²) in [4.78, 5) is 0. The first kappa shape index (κ1) is 19.3. The van der Waals surface area contributed by atoms with Crippen molar-refractivity contribution in [3.8, 4) is 5.75 Å². The lowest BCUT2D eigenvalue weighted by Crippen LogP contribution is -2.63. The van der Waals surface area contributed by atoms with Gasteiger partial charge in [-0.15, -0.1) is 0 Å². The zero-order valence-electron chi connectivity index (χ0n) is 17.6. The highest BCUT2D eigenvalue weighted by molar-refractivity contribution is 5.38. The molecule has 1 saturated carbocycles. The van der Waals surface area contributed by atoms with Crippen LogP contribution in [0.4, 0.5) is 0 Å². The van der Waals surface area contributed by atoms with Gasteiger partial charge in [-0.05, 0) is 48.4 Å². The Bertz CT molecular complexity index is 935. The Labute approximate surface area is 179 Å². The molecule has 0 bridgehead atoms. The van der Waals surface area contributed by atoms with E-state index in [-0.39, 0.29) is 11.6 Å². The summed E-state index contributed by atoms with van der Waals surface area (Å²) in [6.45, 7) is 1.85. The highest BCUT2D eigenvalue weighted by atomic mass is 16.5. The molecule has 3 heteroatoms. The molecule has 2 N–H and O–H groups in total. The van der Waals surface area contributed by atoms with Gasteiger partial charge in [-0.25, -0.2) is 0 Å². The van der Waals surface area contributed by atoms with Crippen LogP contribution >= 0.6 is 0 Å². The van der Waals surface area contributed by atoms with Crippen molar-refractivity contribution in [1.82, 2.24) is 10.6 Å². The van der Waals surface area contributed by atoms with Crippen molar-refractivity contribution in [2.24, 2.45) is 11.8 Å². The molecule has 5 rings (SSSR count). The van der Waals surface area contributed by atoms with Gasteiger partial charge in [0.1, 0.15) is 5.75 Å². The minimum Gasteiger partial charge on any atom is -0.496 e. The largest absolute Gasteiger partial charge is 0.496 e. The van der Waals surface area contributed by atoms with Gasteiger partial charge in [0.05, 0.1) is 12.8 Å². The Morgan fingerprint density at radius 1 is 0.900 bits per heavy atom. The Hall–Kier alpha value is -2.62. The molecule has 1 aliphatic carbocycles. The summed E-state index contributed by atoms with van der Waals surface area (Å²) in [5.74, 6) is 2.83. The SMILES string of the molecule is COc1ccccc1CNC1(C(c2ccccc2)c2ccccc2)CC2CC2CN1. The normalized spacial score (nSPS) is 25.0. The van der Waals surface area contributed by atoms with E-state index in [0.29, 0.717) is 0 Å². The van der Waals surface area contributed by atoms with Crippen LogP contribution in [0.15, 0.2) is 84.9 Å². The van der Waals surface area contributed by atoms with Crippen LogP contribution in [-0.4, -0.2) is 19.3 Å². The lowest BCUT2D eigenvalue weighted by atomic mass is 9.76. The predicted octanol–water partition coefficient (Wildman–Crippen LogP) is 4.94. The molecule has 30 heavy (non-hydrogen) atoms. The molecule has 2 aliphatic rings. The molecule has 0 aromatic heterocycles. The first-order valence-corrected chi connectivity index (χ1v) is 11.0. The van der Waals surface area contributed by atoms with Crippen molar-refractivity contribution in [1.29, 1.82) is 0 Å². The van der Waals surface area contributed by atoms with Gasteiger partial charge in [-0.2, -0.15) is 0 Å². The van der Waals surface area contributed by atoms with Crippen LogP contribution < -0.4 is 15.4 Å². The predicted molar refractivity (Wildman–Crippen MR) is 122 cm³/mol. The minimum atomic E-state index is -0.193. The number of piperidine rings is 1. The quantitative estimate of drug-likeness (QED) is 0.591. The maximum atomic E-state index is 5.62. The highest BCUT2D eigenvalue weighted by Crippen LogP contribution is 2.51. The van der Waals surface area contributed by atoms with Crippen LogP contribution in [0.5, 0.6) is 5.75 Å². The molecule has 1 heterocycles. The van der Waals surface area contributed by atoms with Gasteiger partial charge in [-0.1, -0.05) is 78.9 Å². The Morgan fingerprint density at radius 2 is 1.53 bits per heavy atom. The van der Waals surface area contributed by atoms with E-state index in [4.69, 9.17) is 4.74 Å². The summed E-state index contributed by atoms with van der Waals surface area (Å²) in [6, 6.07) is 30.2. The third-order valence-corrected chi connectivity index (χ3v) is 6.88. The third-order valence-electron chi connectivity index (χ3n) is 6.88. The van der Waals surface area contributed by atoms with Crippen LogP contribution in [0.3, 0.4) is 0 Å². The summed E-state index contributed by atoms with van der Waals surface area (Å²) in [5.41, 5.74) is 3.70. The number of ether oxygens (including phenoxy) is 1. The van der Waals surface area contributed by atoms with Crippen molar-refractivity contribution in [2.75, 3.05) is 13.7 Å². The smallest absolute Gasteiger partial charge is 0.123 e. The molecule has 1 saturated heterocycles. The van der Waals surface area contributed by atoms with Crippen LogP contribution in [0.2, 0.25) is 0 Å². The van der Waals surface area contributed by atoms with Crippen molar-refractivity contribution in [2.45, 2.75) is 31.0 Å². The Balaban J connectivity index is 1.54. The molecule has 3 atom stereocenters. The highest BCUT2D eigenvalue weighted by Gasteiger charge is 2.52. The van der Waals surface area contributed by atoms with E-state index < -0.39 is 0 Å². The summed E-state index contributed by atoms with van der Waals surface area (Å²) in [5, 5.41) is 7.97. The Morgan fingerprint density at radius 3 is 2.17 bits per heavy atom. The first-order chi connectivity index (χ1) is 14.8. The van der Waals surface area contributed by atoms with E-state index in [0.717, 1.165) is 37.1 Å². The number of para-hydroxylation sites is 1. The fourth-order valence-corrected chi connectivity index (χ4v) is 5.22. The van der Waals surface area contributed by atoms with Gasteiger partial charge >= 0.3 is 0 Å². The Kier molecular flexibility index (Phi) is 5.32. The summed E-state index contributed by atoms with van der Waals surface area (Å²) < 4.78 is 5.62. The maximum Gasteiger partial charge on any atom is 0.123 e. The second kappa shape index (κ2) is 8.25. The third kappa shape index (κ3) is 3.76. The summed E-state index contributed by atoms with van der Waals surface area (Å²) in [6.07, 6.45) is 2.49. The van der Waals surface area contributed by atoms with Crippen LogP contribution in [0.1, 0.15) is 35.4 Å². The number of rotatable bonds is 7. The molecule has 3 unspecified atom stereocenters. The number of hydrogen-bond acceptors (Lipinski definition) is 3. The fraction of sp³-hybridized carbons (Fsp3) is 0.333. The molecule has 3 aromatic rings. The zero-order valence-corrected chi connectivity index (χ0v) is 17.6. The minimum absolute atomic E-state index is 0.193. The van der Waals surface area contributed by atoms with E-state index in [1.807, 2.05) is 12.1 Å². The summed E-state index contributed by atoms with van der Waals surface area (Å²) >= 11 is 0. The molecular weight excluding hydrogens is 368 g/mol. The number of methoxy groups -OCH3 is 1. The molecule has 3 nitrogen and oxygen atoms in total. The molecule has 0 radical (unpaired) electrons. The number of benzene rings is 3. The molecule has 2 fully saturated rings. The van der Waals surface area contributed by atoms with Gasteiger partial charge in [-0.3, -0.25) is 10.6 Å². The van der Waals surface area contributed by atoms with E-state index in [1.54, 1.807) is 7.11 Å². The topological polar surface area (TPSA) is 33.3 Å². The average Bonchev–Trinajstić information content (AvgIpc) is 3.58. The van der Waals surface area contributed by atoms with Gasteiger partial charge in [0, 0.05) is 18.0 Å². The number of hydrogen-bond donors (Lipinski definition) is 2. The van der Waals surface area contributed by atoms with Crippen molar-refractivity contribution in [3.63, 3.8) is 0 Å². The molecular formula is C27H30N2O. The lowest BCUT2D eigenvalue weighted by Gasteiger charge is -2.46. The monoisotopic (exact) mass is 398 g/mol. The second-order valence-electron chi connectivity index (χ2n) is 8.73. The van der Waals surface area contributed by atoms with E-state index in [2.05, 4.69) is 83.4 Å². The second-order valence-corrected chi connectivity index (χ2v) is 8.73. The maximum absolute atomic E-state index is 5.62. The molecule has 0 amide bonds. The number of nitrogens with one attached hydrogen (secondary N) is 2. The fourth-order valence-electron chi connectivity index (χ4n) is 5.22. The number of fused-ring (bicyclic) bond motifs is 1. The first-order valence-electron chi connectivity index (χ1n) is 11.0. The molecule has 1 aliphatic heterocycles. The van der Waals surface area contributed by atoms with Crippen LogP contribution in [-0.2, 0) is 6.54 Å². The van der Waals surface area contributed by atoms with E-state index in [1.165, 1.54) is 23.1 Å². The van der Waals surface area contributed by atoms with Crippen molar-refractivity contribution >= 4 is 0 Å². The van der Waals surface area contributed by atoms with Gasteiger partial charge in [0.25, 0.3) is 0 Å². The van der Waals surface area contributed by atoms with Gasteiger partial charge < -0.3 is 4.74 Å².